The number of carboxylic acid groups (broad SMARTS) is 1. The van der Waals surface area contributed by atoms with Crippen molar-refractivity contribution < 1.29 is 43.3 Å². The van der Waals surface area contributed by atoms with Gasteiger partial charge in [-0.1, -0.05) is 24.3 Å². The Kier molecular flexibility index (Phi) is 13.1. The molecule has 0 aliphatic heterocycles. The van der Waals surface area contributed by atoms with E-state index in [1.54, 1.807) is 86.6 Å². The number of carbonyl (C=O) groups excluding carboxylic acids is 4. The van der Waals surface area contributed by atoms with Crippen LogP contribution >= 0.6 is 0 Å². The zero-order valence-corrected chi connectivity index (χ0v) is 27.0. The van der Waals surface area contributed by atoms with Crippen LogP contribution < -0.4 is 16.4 Å². The summed E-state index contributed by atoms with van der Waals surface area (Å²) in [6.45, 7) is 15.4. The fourth-order valence-electron chi connectivity index (χ4n) is 3.37. The summed E-state index contributed by atoms with van der Waals surface area (Å²) in [5, 5.41) is 22.9. The van der Waals surface area contributed by atoms with Gasteiger partial charge in [0, 0.05) is 5.56 Å². The van der Waals surface area contributed by atoms with Crippen molar-refractivity contribution in [2.45, 2.75) is 91.2 Å². The molecular weight excluding hydrogens is 584 g/mol. The standard InChI is InChI=1S/C18H24N2O4.C14H18N2O5/c1-17(2,3)23-15(21)14(20-16(22)24-18(4,5)6)13-9-7-12(11-19)8-10-13;1-14(2,3)21-13(20)16-10(12(18)19)8-4-6-9(7-5-8)11(15)17/h7-10,14H,1-6H3,(H,20,22);4-7,10H,1-3H3,(H2,15,17)(H,16,20)(H,18,19). The van der Waals surface area contributed by atoms with E-state index in [1.165, 1.54) is 24.3 Å². The van der Waals surface area contributed by atoms with Crippen LogP contribution in [0.2, 0.25) is 0 Å². The van der Waals surface area contributed by atoms with E-state index in [0.29, 0.717) is 16.7 Å². The SMILES string of the molecule is CC(C)(C)OC(=O)NC(C(=O)O)c1ccc(C(N)=O)cc1.CC(C)(C)OC(=O)NC(C(=O)OC(C)(C)C)c1ccc(C#N)cc1. The molecule has 0 aliphatic carbocycles. The first kappa shape index (κ1) is 37.9. The monoisotopic (exact) mass is 626 g/mol. The second kappa shape index (κ2) is 15.6. The Labute approximate surface area is 263 Å². The normalized spacial score (nSPS) is 12.5. The van der Waals surface area contributed by atoms with Gasteiger partial charge in [0.15, 0.2) is 12.1 Å². The van der Waals surface area contributed by atoms with Gasteiger partial charge in [-0.05, 0) is 97.7 Å². The molecule has 244 valence electrons. The highest BCUT2D eigenvalue weighted by molar-refractivity contribution is 5.93. The Bertz CT molecular complexity index is 1390. The summed E-state index contributed by atoms with van der Waals surface area (Å²) >= 11 is 0. The number of rotatable bonds is 7. The quantitative estimate of drug-likeness (QED) is 0.241. The highest BCUT2D eigenvalue weighted by atomic mass is 16.6. The number of carboxylic acids is 1. The molecule has 13 nitrogen and oxygen atoms in total. The highest BCUT2D eigenvalue weighted by Gasteiger charge is 2.30. The molecule has 5 N–H and O–H groups in total. The summed E-state index contributed by atoms with van der Waals surface area (Å²) in [4.78, 5) is 58.4. The molecule has 0 aromatic heterocycles. The van der Waals surface area contributed by atoms with Crippen LogP contribution in [-0.2, 0) is 23.8 Å². The Morgan fingerprint density at radius 2 is 1.07 bits per heavy atom. The molecule has 3 amide bonds. The van der Waals surface area contributed by atoms with Gasteiger partial charge in [0.1, 0.15) is 16.8 Å². The molecule has 2 aromatic rings. The number of alkyl carbamates (subject to hydrolysis) is 2. The van der Waals surface area contributed by atoms with Gasteiger partial charge < -0.3 is 35.7 Å². The number of benzene rings is 2. The molecule has 2 atom stereocenters. The molecule has 0 saturated heterocycles. The van der Waals surface area contributed by atoms with Crippen molar-refractivity contribution in [3.8, 4) is 6.07 Å². The molecule has 13 heteroatoms. The topological polar surface area (TPSA) is 207 Å². The molecule has 0 aliphatic rings. The molecule has 2 rings (SSSR count). The van der Waals surface area contributed by atoms with Crippen molar-refractivity contribution in [3.63, 3.8) is 0 Å². The number of nitrogens with one attached hydrogen (secondary N) is 2. The maximum absolute atomic E-state index is 12.5. The van der Waals surface area contributed by atoms with Gasteiger partial charge in [-0.25, -0.2) is 19.2 Å². The first-order valence-electron chi connectivity index (χ1n) is 13.9. The van der Waals surface area contributed by atoms with E-state index in [9.17, 15) is 29.1 Å². The predicted molar refractivity (Wildman–Crippen MR) is 164 cm³/mol. The van der Waals surface area contributed by atoms with Crippen LogP contribution in [-0.4, -0.2) is 51.9 Å². The number of hydrogen-bond acceptors (Lipinski definition) is 9. The van der Waals surface area contributed by atoms with Gasteiger partial charge in [0.2, 0.25) is 5.91 Å². The van der Waals surface area contributed by atoms with Crippen molar-refractivity contribution in [2.24, 2.45) is 5.73 Å². The van der Waals surface area contributed by atoms with E-state index < -0.39 is 58.9 Å². The highest BCUT2D eigenvalue weighted by Crippen LogP contribution is 2.21. The number of amides is 3. The molecule has 45 heavy (non-hydrogen) atoms. The van der Waals surface area contributed by atoms with Gasteiger partial charge in [0.05, 0.1) is 11.6 Å². The van der Waals surface area contributed by atoms with Crippen LogP contribution in [0, 0.1) is 11.3 Å². The van der Waals surface area contributed by atoms with Crippen LogP contribution in [0.25, 0.3) is 0 Å². The molecule has 0 heterocycles. The molecule has 2 unspecified atom stereocenters. The van der Waals surface area contributed by atoms with E-state index >= 15 is 0 Å². The van der Waals surface area contributed by atoms with Crippen LogP contribution in [0.15, 0.2) is 48.5 Å². The average Bonchev–Trinajstić information content (AvgIpc) is 2.88. The summed E-state index contributed by atoms with van der Waals surface area (Å²) in [6.07, 6.45) is -1.56. The Morgan fingerprint density at radius 3 is 1.42 bits per heavy atom. The van der Waals surface area contributed by atoms with Crippen LogP contribution in [0.4, 0.5) is 9.59 Å². The molecule has 0 spiro atoms. The van der Waals surface area contributed by atoms with Crippen molar-refractivity contribution in [1.29, 1.82) is 5.26 Å². The largest absolute Gasteiger partial charge is 0.479 e. The second-order valence-corrected chi connectivity index (χ2v) is 12.8. The van der Waals surface area contributed by atoms with Crippen molar-refractivity contribution in [1.82, 2.24) is 10.6 Å². The number of primary amides is 1. The maximum Gasteiger partial charge on any atom is 0.408 e. The van der Waals surface area contributed by atoms with Crippen molar-refractivity contribution in [2.75, 3.05) is 0 Å². The van der Waals surface area contributed by atoms with Gasteiger partial charge in [-0.2, -0.15) is 5.26 Å². The van der Waals surface area contributed by atoms with Crippen LogP contribution in [0.5, 0.6) is 0 Å². The maximum atomic E-state index is 12.5. The molecular formula is C32H42N4O9. The third kappa shape index (κ3) is 14.7. The summed E-state index contributed by atoms with van der Waals surface area (Å²) in [6, 6.07) is 11.7. The number of ether oxygens (including phenoxy) is 3. The third-order valence-electron chi connectivity index (χ3n) is 5.11. The Balaban J connectivity index is 0.000000454. The fraction of sp³-hybridized carbons (Fsp3) is 0.438. The molecule has 2 aromatic carbocycles. The predicted octanol–water partition coefficient (Wildman–Crippen LogP) is 4.90. The van der Waals surface area contributed by atoms with Gasteiger partial charge in [0.25, 0.3) is 0 Å². The lowest BCUT2D eigenvalue weighted by molar-refractivity contribution is -0.157. The minimum absolute atomic E-state index is 0.250. The van der Waals surface area contributed by atoms with E-state index in [-0.39, 0.29) is 5.56 Å². The minimum Gasteiger partial charge on any atom is -0.479 e. The second-order valence-electron chi connectivity index (χ2n) is 12.8. The van der Waals surface area contributed by atoms with Crippen molar-refractivity contribution >= 4 is 30.0 Å². The number of carbonyl (C=O) groups is 5. The van der Waals surface area contributed by atoms with Crippen LogP contribution in [0.3, 0.4) is 0 Å². The molecule has 0 saturated carbocycles. The van der Waals surface area contributed by atoms with Crippen LogP contribution in [0.1, 0.15) is 101 Å². The zero-order valence-electron chi connectivity index (χ0n) is 27.0. The van der Waals surface area contributed by atoms with Crippen molar-refractivity contribution in [3.05, 3.63) is 70.8 Å². The van der Waals surface area contributed by atoms with E-state index in [0.717, 1.165) is 0 Å². The number of hydrogen-bond donors (Lipinski definition) is 4. The zero-order chi connectivity index (χ0) is 34.8. The summed E-state index contributed by atoms with van der Waals surface area (Å²) in [5.41, 5.74) is 4.51. The van der Waals surface area contributed by atoms with Gasteiger partial charge in [-0.15, -0.1) is 0 Å². The number of nitriles is 1. The first-order chi connectivity index (χ1) is 20.5. The fourth-order valence-corrected chi connectivity index (χ4v) is 3.37. The lowest BCUT2D eigenvalue weighted by Gasteiger charge is -2.26. The summed E-state index contributed by atoms with van der Waals surface area (Å²) in [7, 11) is 0. The van der Waals surface area contributed by atoms with E-state index in [1.807, 2.05) is 6.07 Å². The minimum atomic E-state index is -1.28. The summed E-state index contributed by atoms with van der Waals surface area (Å²) < 4.78 is 15.6. The van der Waals surface area contributed by atoms with Gasteiger partial charge >= 0.3 is 24.1 Å². The average molecular weight is 627 g/mol. The Hall–Kier alpha value is -5.12. The summed E-state index contributed by atoms with van der Waals surface area (Å²) in [5.74, 6) is -2.46. The van der Waals surface area contributed by atoms with E-state index in [4.69, 9.17) is 25.2 Å². The lowest BCUT2D eigenvalue weighted by atomic mass is 10.0. The third-order valence-corrected chi connectivity index (χ3v) is 5.11. The number of aliphatic carboxylic acids is 1. The lowest BCUT2D eigenvalue weighted by Crippen LogP contribution is -2.40. The molecule has 0 fully saturated rings. The smallest absolute Gasteiger partial charge is 0.408 e. The molecule has 0 radical (unpaired) electrons. The number of nitrogens with two attached hydrogens (primary N) is 1. The first-order valence-corrected chi connectivity index (χ1v) is 13.9. The Morgan fingerprint density at radius 1 is 0.689 bits per heavy atom. The number of nitrogens with zero attached hydrogens (tertiary/aromatic N) is 1. The number of esters is 1. The molecule has 0 bridgehead atoms. The van der Waals surface area contributed by atoms with E-state index in [2.05, 4.69) is 10.6 Å². The van der Waals surface area contributed by atoms with Gasteiger partial charge in [-0.3, -0.25) is 4.79 Å².